The third kappa shape index (κ3) is 1.80. The minimum Gasteiger partial charge on any atom is -0.396 e. The molecule has 4 aliphatic rings. The summed E-state index contributed by atoms with van der Waals surface area (Å²) in [6.45, 7) is 7.34. The second-order valence-electron chi connectivity index (χ2n) is 10.2. The Morgan fingerprint density at radius 3 is 2.45 bits per heavy atom. The number of rotatable bonds is 1. The zero-order valence-corrected chi connectivity index (χ0v) is 14.7. The van der Waals surface area contributed by atoms with E-state index >= 15 is 0 Å². The smallest absolute Gasteiger partial charge is 0.0653 e. The third-order valence-corrected chi connectivity index (χ3v) is 8.97. The lowest BCUT2D eigenvalue weighted by molar-refractivity contribution is -0.159. The van der Waals surface area contributed by atoms with Crippen LogP contribution in [0.5, 0.6) is 0 Å². The average molecular weight is 306 g/mol. The molecule has 0 radical (unpaired) electrons. The fraction of sp³-hybridized carbons (Fsp3) is 1.00. The highest BCUT2D eigenvalue weighted by molar-refractivity contribution is 5.16. The maximum Gasteiger partial charge on any atom is 0.0653 e. The van der Waals surface area contributed by atoms with E-state index in [0.717, 1.165) is 12.3 Å². The lowest BCUT2D eigenvalue weighted by Crippen LogP contribution is -2.57. The monoisotopic (exact) mass is 306 g/mol. The lowest BCUT2D eigenvalue weighted by atomic mass is 9.41. The summed E-state index contributed by atoms with van der Waals surface area (Å²) in [5.74, 6) is 1.99. The van der Waals surface area contributed by atoms with Crippen LogP contribution in [0.2, 0.25) is 0 Å². The van der Waals surface area contributed by atoms with Gasteiger partial charge in [-0.05, 0) is 92.3 Å². The van der Waals surface area contributed by atoms with Gasteiger partial charge in [-0.2, -0.15) is 0 Å². The zero-order valence-electron chi connectivity index (χ0n) is 14.7. The Kier molecular flexibility index (Phi) is 3.16. The van der Waals surface area contributed by atoms with Gasteiger partial charge >= 0.3 is 0 Å². The second kappa shape index (κ2) is 4.51. The van der Waals surface area contributed by atoms with E-state index in [2.05, 4.69) is 20.8 Å². The fourth-order valence-electron chi connectivity index (χ4n) is 8.12. The largest absolute Gasteiger partial charge is 0.396 e. The van der Waals surface area contributed by atoms with Crippen LogP contribution in [0.1, 0.15) is 78.6 Å². The van der Waals surface area contributed by atoms with E-state index in [-0.39, 0.29) is 5.41 Å². The molecule has 2 nitrogen and oxygen atoms in total. The molecule has 4 aliphatic carbocycles. The van der Waals surface area contributed by atoms with Crippen molar-refractivity contribution in [2.75, 3.05) is 6.61 Å². The molecule has 0 aromatic carbocycles. The zero-order chi connectivity index (χ0) is 15.8. The molecule has 22 heavy (non-hydrogen) atoms. The van der Waals surface area contributed by atoms with Gasteiger partial charge in [-0.25, -0.2) is 0 Å². The molecule has 126 valence electrons. The third-order valence-electron chi connectivity index (χ3n) is 8.97. The highest BCUT2D eigenvalue weighted by Crippen LogP contribution is 2.72. The summed E-state index contributed by atoms with van der Waals surface area (Å²) in [6.07, 6.45) is 11.2. The normalized spacial score (nSPS) is 60.7. The second-order valence-corrected chi connectivity index (χ2v) is 10.2. The summed E-state index contributed by atoms with van der Waals surface area (Å²) in [5.41, 5.74) is 0.504. The van der Waals surface area contributed by atoms with Crippen molar-refractivity contribution in [3.63, 3.8) is 0 Å². The minimum atomic E-state index is -0.424. The number of hydrogen-bond acceptors (Lipinski definition) is 2. The molecule has 0 unspecified atom stereocenters. The molecule has 0 aromatic rings. The summed E-state index contributed by atoms with van der Waals surface area (Å²) < 4.78 is 0. The van der Waals surface area contributed by atoms with Gasteiger partial charge in [0.1, 0.15) is 0 Å². The molecule has 0 aromatic heterocycles. The van der Waals surface area contributed by atoms with Crippen molar-refractivity contribution in [1.82, 2.24) is 0 Å². The number of aliphatic hydroxyl groups excluding tert-OH is 1. The topological polar surface area (TPSA) is 40.5 Å². The van der Waals surface area contributed by atoms with E-state index in [1.165, 1.54) is 51.4 Å². The van der Waals surface area contributed by atoms with E-state index in [4.69, 9.17) is 0 Å². The van der Waals surface area contributed by atoms with Gasteiger partial charge < -0.3 is 10.2 Å². The first kappa shape index (κ1) is 15.4. The number of aliphatic hydroxyl groups is 2. The van der Waals surface area contributed by atoms with Crippen LogP contribution in [0.4, 0.5) is 0 Å². The van der Waals surface area contributed by atoms with Crippen LogP contribution >= 0.6 is 0 Å². The predicted molar refractivity (Wildman–Crippen MR) is 88.4 cm³/mol. The molecule has 0 heterocycles. The van der Waals surface area contributed by atoms with E-state index in [9.17, 15) is 10.2 Å². The van der Waals surface area contributed by atoms with Crippen molar-refractivity contribution in [3.05, 3.63) is 0 Å². The molecular weight excluding hydrogens is 272 g/mol. The van der Waals surface area contributed by atoms with Crippen molar-refractivity contribution in [3.8, 4) is 0 Å². The summed E-state index contributed by atoms with van der Waals surface area (Å²) in [4.78, 5) is 0. The standard InChI is InChI=1S/C20H34O2/c1-17(13-21)8-4-9-18(2)15(17)7-10-20-11-14(5-6-16(18)20)19(3,22)12-20/h14-16,21-22H,4-13H2,1-3H3/t14-,15+,16-,17-,18+,19-,20+/m1/s1. The molecule has 0 aliphatic heterocycles. The summed E-state index contributed by atoms with van der Waals surface area (Å²) >= 11 is 0. The van der Waals surface area contributed by atoms with Crippen LogP contribution in [0.3, 0.4) is 0 Å². The molecule has 0 saturated heterocycles. The molecular formula is C20H34O2. The van der Waals surface area contributed by atoms with Gasteiger partial charge in [0.2, 0.25) is 0 Å². The van der Waals surface area contributed by atoms with Crippen molar-refractivity contribution in [1.29, 1.82) is 0 Å². The van der Waals surface area contributed by atoms with Crippen molar-refractivity contribution < 1.29 is 10.2 Å². The maximum atomic E-state index is 10.9. The molecule has 4 saturated carbocycles. The lowest BCUT2D eigenvalue weighted by Gasteiger charge is -2.64. The van der Waals surface area contributed by atoms with Crippen LogP contribution in [-0.4, -0.2) is 22.4 Å². The molecule has 1 spiro atoms. The predicted octanol–water partition coefficient (Wildman–Crippen LogP) is 4.14. The number of fused-ring (bicyclic) bond motifs is 3. The Bertz CT molecular complexity index is 472. The van der Waals surface area contributed by atoms with Gasteiger partial charge in [-0.15, -0.1) is 0 Å². The Balaban J connectivity index is 1.72. The van der Waals surface area contributed by atoms with Crippen molar-refractivity contribution in [2.45, 2.75) is 84.2 Å². The summed E-state index contributed by atoms with van der Waals surface area (Å²) in [7, 11) is 0. The van der Waals surface area contributed by atoms with Gasteiger partial charge in [0.25, 0.3) is 0 Å². The van der Waals surface area contributed by atoms with Crippen molar-refractivity contribution in [2.24, 2.45) is 34.0 Å². The first-order valence-corrected chi connectivity index (χ1v) is 9.59. The number of hydrogen-bond donors (Lipinski definition) is 2. The highest BCUT2D eigenvalue weighted by atomic mass is 16.3. The SMILES string of the molecule is C[C@]1(CO)CCC[C@@]2(C)[C@H]1CC[C@@]13C[C@@H](CC[C@@H]12)[C@](C)(O)C3. The van der Waals surface area contributed by atoms with Gasteiger partial charge in [0.15, 0.2) is 0 Å². The van der Waals surface area contributed by atoms with Gasteiger partial charge in [0.05, 0.1) is 5.60 Å². The van der Waals surface area contributed by atoms with Crippen LogP contribution in [0.25, 0.3) is 0 Å². The van der Waals surface area contributed by atoms with Gasteiger partial charge in [-0.1, -0.05) is 20.3 Å². The first-order valence-electron chi connectivity index (χ1n) is 9.59. The Morgan fingerprint density at radius 2 is 1.73 bits per heavy atom. The van der Waals surface area contributed by atoms with Gasteiger partial charge in [-0.3, -0.25) is 0 Å². The Labute approximate surface area is 135 Å². The van der Waals surface area contributed by atoms with Crippen LogP contribution in [0, 0.1) is 34.0 Å². The molecule has 2 bridgehead atoms. The average Bonchev–Trinajstić information content (AvgIpc) is 2.63. The molecule has 2 N–H and O–H groups in total. The Morgan fingerprint density at radius 1 is 0.955 bits per heavy atom. The van der Waals surface area contributed by atoms with E-state index in [1.807, 2.05) is 0 Å². The molecule has 4 rings (SSSR count). The van der Waals surface area contributed by atoms with Crippen LogP contribution < -0.4 is 0 Å². The quantitative estimate of drug-likeness (QED) is 0.764. The van der Waals surface area contributed by atoms with E-state index in [1.54, 1.807) is 0 Å². The van der Waals surface area contributed by atoms with Gasteiger partial charge in [0, 0.05) is 6.61 Å². The van der Waals surface area contributed by atoms with Crippen LogP contribution in [-0.2, 0) is 0 Å². The van der Waals surface area contributed by atoms with E-state index in [0.29, 0.717) is 29.3 Å². The molecule has 2 heteroatoms. The minimum absolute atomic E-state index is 0.132. The fourth-order valence-corrected chi connectivity index (χ4v) is 8.12. The summed E-state index contributed by atoms with van der Waals surface area (Å²) in [5, 5.41) is 21.0. The molecule has 7 atom stereocenters. The molecule has 4 fully saturated rings. The maximum absolute atomic E-state index is 10.9. The highest BCUT2D eigenvalue weighted by Gasteiger charge is 2.66. The first-order chi connectivity index (χ1) is 10.3. The van der Waals surface area contributed by atoms with E-state index < -0.39 is 5.60 Å². The van der Waals surface area contributed by atoms with Crippen molar-refractivity contribution >= 4 is 0 Å². The summed E-state index contributed by atoms with van der Waals surface area (Å²) in [6, 6.07) is 0. The van der Waals surface area contributed by atoms with Crippen LogP contribution in [0.15, 0.2) is 0 Å². The molecule has 0 amide bonds. The Hall–Kier alpha value is -0.0800.